The normalized spacial score (nSPS) is 27.2. The third-order valence-electron chi connectivity index (χ3n) is 3.06. The minimum Gasteiger partial charge on any atom is -0.481 e. The van der Waals surface area contributed by atoms with Gasteiger partial charge in [0.1, 0.15) is 0 Å². The van der Waals surface area contributed by atoms with Gasteiger partial charge in [-0.25, -0.2) is 0 Å². The second kappa shape index (κ2) is 6.30. The predicted molar refractivity (Wildman–Crippen MR) is 59.1 cm³/mol. The molecular formula is C12H18O4. The van der Waals surface area contributed by atoms with Gasteiger partial charge in [-0.15, -0.1) is 0 Å². The lowest BCUT2D eigenvalue weighted by atomic mass is 9.83. The van der Waals surface area contributed by atoms with E-state index in [2.05, 4.69) is 12.2 Å². The van der Waals surface area contributed by atoms with Crippen molar-refractivity contribution in [3.8, 4) is 0 Å². The first-order chi connectivity index (χ1) is 7.63. The van der Waals surface area contributed by atoms with Crippen molar-refractivity contribution < 1.29 is 19.8 Å². The molecule has 0 aromatic heterocycles. The number of rotatable bonds is 2. The Morgan fingerprint density at radius 2 is 1.25 bits per heavy atom. The summed E-state index contributed by atoms with van der Waals surface area (Å²) in [5.41, 5.74) is 0. The maximum Gasteiger partial charge on any atom is 0.307 e. The zero-order chi connectivity index (χ0) is 12.0. The average molecular weight is 226 g/mol. The lowest BCUT2D eigenvalue weighted by Crippen LogP contribution is -2.30. The van der Waals surface area contributed by atoms with Gasteiger partial charge in [-0.05, 0) is 38.5 Å². The highest BCUT2D eigenvalue weighted by molar-refractivity contribution is 5.79. The van der Waals surface area contributed by atoms with Crippen LogP contribution in [0.2, 0.25) is 0 Å². The number of allylic oxidation sites excluding steroid dienone is 2. The second-order valence-electron chi connectivity index (χ2n) is 4.22. The van der Waals surface area contributed by atoms with Crippen molar-refractivity contribution in [1.29, 1.82) is 0 Å². The average Bonchev–Trinajstić information content (AvgIpc) is 2.24. The number of aliphatic carboxylic acids is 2. The standard InChI is InChI=1S/C12H18O4/c13-11(14)9-7-5-3-1-2-4-6-8-10(9)12(15)16/h1-2,9-10H,3-8H2,(H,13,14)(H,15,16). The Hall–Kier alpha value is -1.32. The molecular weight excluding hydrogens is 208 g/mol. The number of carboxylic acid groups (broad SMARTS) is 2. The quantitative estimate of drug-likeness (QED) is 0.708. The van der Waals surface area contributed by atoms with Gasteiger partial charge in [-0.3, -0.25) is 9.59 Å². The summed E-state index contributed by atoms with van der Waals surface area (Å²) in [5.74, 6) is -3.41. The molecule has 1 rings (SSSR count). The van der Waals surface area contributed by atoms with Crippen LogP contribution in [0.15, 0.2) is 12.2 Å². The summed E-state index contributed by atoms with van der Waals surface area (Å²) >= 11 is 0. The summed E-state index contributed by atoms with van der Waals surface area (Å²) in [7, 11) is 0. The molecule has 1 aliphatic rings. The molecule has 2 unspecified atom stereocenters. The van der Waals surface area contributed by atoms with Crippen molar-refractivity contribution in [2.24, 2.45) is 11.8 Å². The van der Waals surface area contributed by atoms with Crippen LogP contribution in [0.4, 0.5) is 0 Å². The topological polar surface area (TPSA) is 74.6 Å². The largest absolute Gasteiger partial charge is 0.481 e. The Morgan fingerprint density at radius 3 is 1.56 bits per heavy atom. The molecule has 0 spiro atoms. The fourth-order valence-electron chi connectivity index (χ4n) is 2.14. The van der Waals surface area contributed by atoms with Crippen molar-refractivity contribution in [2.75, 3.05) is 0 Å². The van der Waals surface area contributed by atoms with Gasteiger partial charge in [0.25, 0.3) is 0 Å². The van der Waals surface area contributed by atoms with Gasteiger partial charge in [0.15, 0.2) is 0 Å². The van der Waals surface area contributed by atoms with E-state index in [0.29, 0.717) is 12.8 Å². The minimum atomic E-state index is -0.975. The van der Waals surface area contributed by atoms with Crippen molar-refractivity contribution in [3.05, 3.63) is 12.2 Å². The first-order valence-electron chi connectivity index (χ1n) is 5.73. The number of hydrogen-bond donors (Lipinski definition) is 2. The van der Waals surface area contributed by atoms with Crippen LogP contribution in [0.25, 0.3) is 0 Å². The lowest BCUT2D eigenvalue weighted by molar-refractivity contribution is -0.154. The fraction of sp³-hybridized carbons (Fsp3) is 0.667. The van der Waals surface area contributed by atoms with Gasteiger partial charge in [0.2, 0.25) is 0 Å². The van der Waals surface area contributed by atoms with Gasteiger partial charge < -0.3 is 10.2 Å². The van der Waals surface area contributed by atoms with Crippen molar-refractivity contribution in [2.45, 2.75) is 38.5 Å². The molecule has 2 N–H and O–H groups in total. The summed E-state index contributed by atoms with van der Waals surface area (Å²) in [4.78, 5) is 22.1. The summed E-state index contributed by atoms with van der Waals surface area (Å²) in [6.45, 7) is 0. The molecule has 0 aromatic rings. The smallest absolute Gasteiger partial charge is 0.307 e. The first kappa shape index (κ1) is 12.7. The molecule has 0 radical (unpaired) electrons. The lowest BCUT2D eigenvalue weighted by Gasteiger charge is -2.20. The minimum absolute atomic E-state index is 0.455. The van der Waals surface area contributed by atoms with Gasteiger partial charge in [-0.2, -0.15) is 0 Å². The van der Waals surface area contributed by atoms with E-state index in [0.717, 1.165) is 25.7 Å². The van der Waals surface area contributed by atoms with Crippen molar-refractivity contribution in [3.63, 3.8) is 0 Å². The molecule has 4 heteroatoms. The van der Waals surface area contributed by atoms with Crippen LogP contribution in [-0.4, -0.2) is 22.2 Å². The summed E-state index contributed by atoms with van der Waals surface area (Å²) in [6, 6.07) is 0. The van der Waals surface area contributed by atoms with Crippen LogP contribution in [0.3, 0.4) is 0 Å². The molecule has 0 aliphatic heterocycles. The molecule has 4 nitrogen and oxygen atoms in total. The molecule has 0 fully saturated rings. The van der Waals surface area contributed by atoms with Gasteiger partial charge in [0, 0.05) is 0 Å². The molecule has 0 aromatic carbocycles. The van der Waals surface area contributed by atoms with Crippen molar-refractivity contribution in [1.82, 2.24) is 0 Å². The van der Waals surface area contributed by atoms with E-state index in [1.807, 2.05) is 0 Å². The maximum atomic E-state index is 11.1. The molecule has 16 heavy (non-hydrogen) atoms. The Bertz CT molecular complexity index is 255. The Kier molecular flexibility index (Phi) is 5.02. The summed E-state index contributed by atoms with van der Waals surface area (Å²) < 4.78 is 0. The van der Waals surface area contributed by atoms with E-state index < -0.39 is 23.8 Å². The van der Waals surface area contributed by atoms with Crippen LogP contribution in [0, 0.1) is 11.8 Å². The molecule has 1 aliphatic carbocycles. The summed E-state index contributed by atoms with van der Waals surface area (Å²) in [5, 5.41) is 18.1. The van der Waals surface area contributed by atoms with Crippen LogP contribution >= 0.6 is 0 Å². The third kappa shape index (κ3) is 3.68. The van der Waals surface area contributed by atoms with Crippen LogP contribution in [0.1, 0.15) is 38.5 Å². The van der Waals surface area contributed by atoms with E-state index in [1.165, 1.54) is 0 Å². The van der Waals surface area contributed by atoms with Gasteiger partial charge >= 0.3 is 11.9 Å². The first-order valence-corrected chi connectivity index (χ1v) is 5.73. The highest BCUT2D eigenvalue weighted by Gasteiger charge is 2.32. The van der Waals surface area contributed by atoms with Crippen LogP contribution in [0.5, 0.6) is 0 Å². The zero-order valence-corrected chi connectivity index (χ0v) is 9.26. The Labute approximate surface area is 95.0 Å². The Balaban J connectivity index is 2.75. The van der Waals surface area contributed by atoms with Gasteiger partial charge in [0.05, 0.1) is 11.8 Å². The Morgan fingerprint density at radius 1 is 0.875 bits per heavy atom. The number of hydrogen-bond acceptors (Lipinski definition) is 2. The molecule has 0 bridgehead atoms. The summed E-state index contributed by atoms with van der Waals surface area (Å²) in [6.07, 6.45) is 8.20. The highest BCUT2D eigenvalue weighted by atomic mass is 16.4. The van der Waals surface area contributed by atoms with Gasteiger partial charge in [-0.1, -0.05) is 12.2 Å². The molecule has 0 amide bonds. The molecule has 0 saturated heterocycles. The maximum absolute atomic E-state index is 11.1. The zero-order valence-electron chi connectivity index (χ0n) is 9.26. The predicted octanol–water partition coefficient (Wildman–Crippen LogP) is 2.30. The van der Waals surface area contributed by atoms with E-state index in [-0.39, 0.29) is 0 Å². The van der Waals surface area contributed by atoms with Crippen LogP contribution in [-0.2, 0) is 9.59 Å². The van der Waals surface area contributed by atoms with Crippen molar-refractivity contribution >= 4 is 11.9 Å². The van der Waals surface area contributed by atoms with E-state index in [4.69, 9.17) is 10.2 Å². The monoisotopic (exact) mass is 226 g/mol. The van der Waals surface area contributed by atoms with E-state index in [9.17, 15) is 9.59 Å². The molecule has 0 saturated carbocycles. The van der Waals surface area contributed by atoms with E-state index >= 15 is 0 Å². The van der Waals surface area contributed by atoms with Crippen LogP contribution < -0.4 is 0 Å². The third-order valence-corrected chi connectivity index (χ3v) is 3.06. The van der Waals surface area contributed by atoms with E-state index in [1.54, 1.807) is 0 Å². The molecule has 2 atom stereocenters. The number of carboxylic acids is 2. The second-order valence-corrected chi connectivity index (χ2v) is 4.22. The fourth-order valence-corrected chi connectivity index (χ4v) is 2.14. The molecule has 0 heterocycles. The highest BCUT2D eigenvalue weighted by Crippen LogP contribution is 2.26. The SMILES string of the molecule is O=C(O)C1CCCC=CCCCC1C(=O)O. The molecule has 90 valence electrons. The number of carbonyl (C=O) groups is 2.